The van der Waals surface area contributed by atoms with Crippen LogP contribution in [0.5, 0.6) is 5.75 Å². The molecule has 348 valence electrons. The Hall–Kier alpha value is -7.04. The molecule has 0 saturated heterocycles. The van der Waals surface area contributed by atoms with E-state index in [0.29, 0.717) is 0 Å². The van der Waals surface area contributed by atoms with Crippen molar-refractivity contribution in [3.63, 3.8) is 0 Å². The number of aryl methyl sites for hydroxylation is 1. The average Bonchev–Trinajstić information content (AvgIpc) is 3.89. The van der Waals surface area contributed by atoms with E-state index in [1.807, 2.05) is 0 Å². The van der Waals surface area contributed by atoms with Crippen LogP contribution in [0.15, 0.2) is 164 Å². The second-order valence-electron chi connectivity index (χ2n) is 21.9. The normalized spacial score (nSPS) is 15.4. The van der Waals surface area contributed by atoms with E-state index in [-0.39, 0.29) is 16.2 Å². The highest BCUT2D eigenvalue weighted by Crippen LogP contribution is 2.55. The Morgan fingerprint density at radius 2 is 1.11 bits per heavy atom. The first-order valence-corrected chi connectivity index (χ1v) is 25.8. The monoisotopic (exact) mass is 916 g/mol. The quantitative estimate of drug-likeness (QED) is 0.125. The first-order chi connectivity index (χ1) is 33.8. The summed E-state index contributed by atoms with van der Waals surface area (Å²) in [7, 11) is 0. The summed E-state index contributed by atoms with van der Waals surface area (Å²) in [6.07, 6.45) is 6.63. The van der Waals surface area contributed by atoms with Crippen molar-refractivity contribution in [1.82, 2.24) is 4.57 Å². The van der Waals surface area contributed by atoms with Gasteiger partial charge in [0, 0.05) is 23.3 Å². The third-order valence-electron chi connectivity index (χ3n) is 17.3. The lowest BCUT2D eigenvalue weighted by molar-refractivity contribution is -0.997. The summed E-state index contributed by atoms with van der Waals surface area (Å²) in [5, 5.41) is 0. The molecule has 0 N–H and O–H groups in total. The minimum atomic E-state index is -1.02. The molecule has 3 aliphatic heterocycles. The van der Waals surface area contributed by atoms with Crippen LogP contribution in [0.4, 0.5) is 0 Å². The van der Waals surface area contributed by atoms with E-state index >= 15 is 0 Å². The molecule has 0 aliphatic carbocycles. The summed E-state index contributed by atoms with van der Waals surface area (Å²) in [6, 6.07) is 59.3. The summed E-state index contributed by atoms with van der Waals surface area (Å²) in [4.78, 5) is 0. The van der Waals surface area contributed by atoms with Crippen molar-refractivity contribution >= 4 is 11.0 Å². The number of para-hydroxylation sites is 2. The number of ether oxygens (including phenoxy) is 1. The number of pyridine rings is 1. The maximum Gasteiger partial charge on any atom is 0.499 e. The maximum atomic E-state index is 7.74. The van der Waals surface area contributed by atoms with Crippen LogP contribution in [0.1, 0.15) is 116 Å². The van der Waals surface area contributed by atoms with Crippen LogP contribution < -0.4 is 13.9 Å². The molecule has 0 bridgehead atoms. The number of aromatic nitrogens is 3. The van der Waals surface area contributed by atoms with Gasteiger partial charge in [-0.3, -0.25) is 0 Å². The molecule has 5 heterocycles. The number of hydrogen-bond acceptors (Lipinski definition) is 1. The fourth-order valence-electron chi connectivity index (χ4n) is 12.3. The van der Waals surface area contributed by atoms with Crippen LogP contribution in [0.3, 0.4) is 0 Å². The molecule has 0 fully saturated rings. The summed E-state index contributed by atoms with van der Waals surface area (Å²) in [6.45, 7) is 23.7. The highest BCUT2D eigenvalue weighted by Gasteiger charge is 2.68. The standard InChI is InChI=1S/C66H65N3O/c1-11-64(9,12-2)53-26-21-27-54(65(10,13-3)14-4)59(53)47-34-35-55(42(5)38-47)68-56-28-20-25-49-51-40-48(63(6,7)8)41-52-57-39-46(45-32-30-44(31-33-45)43-22-16-15-17-23-43)36-37-67(57)66(60(51)52)69(61(49)56)62(68)50-24-18-19-29-58(50)70-66/h15-41H,11-14H2,1-10H3/q+2. The SMILES string of the molecule is CCC(C)(CC)c1cccc(C(C)(CC)CC)c1-c1ccc(-n2c3[n+]4c5c(cccc52)-c2cc(C(C)(C)C)cc5c2C4(Oc2ccccc2-3)[n+]2ccc(-c3ccc(-c4ccccc4)cc3)cc2-5)c(C)c1. The van der Waals surface area contributed by atoms with E-state index < -0.39 is 5.85 Å². The summed E-state index contributed by atoms with van der Waals surface area (Å²) in [5.41, 5.74) is 23.6. The molecule has 0 saturated carbocycles. The Morgan fingerprint density at radius 1 is 0.529 bits per heavy atom. The predicted octanol–water partition coefficient (Wildman–Crippen LogP) is 16.2. The van der Waals surface area contributed by atoms with Gasteiger partial charge in [-0.05, 0) is 153 Å². The highest BCUT2D eigenvalue weighted by atomic mass is 16.5. The molecule has 0 amide bonds. The van der Waals surface area contributed by atoms with Gasteiger partial charge in [-0.1, -0.05) is 159 Å². The third kappa shape index (κ3) is 6.14. The fraction of sp³-hybridized carbons (Fsp3) is 0.273. The molecule has 4 heteroatoms. The fourth-order valence-corrected chi connectivity index (χ4v) is 12.3. The molecule has 1 atom stereocenters. The molecular weight excluding hydrogens is 851 g/mol. The van der Waals surface area contributed by atoms with Gasteiger partial charge in [0.2, 0.25) is 5.69 Å². The van der Waals surface area contributed by atoms with E-state index in [1.54, 1.807) is 0 Å². The first-order valence-electron chi connectivity index (χ1n) is 25.8. The number of imidazole rings is 1. The van der Waals surface area contributed by atoms with Crippen molar-refractivity contribution in [1.29, 1.82) is 0 Å². The molecule has 2 aromatic heterocycles. The zero-order chi connectivity index (χ0) is 48.5. The van der Waals surface area contributed by atoms with Crippen LogP contribution in [0, 0.1) is 6.92 Å². The van der Waals surface area contributed by atoms with Crippen LogP contribution >= 0.6 is 0 Å². The topological polar surface area (TPSA) is 21.9 Å². The maximum absolute atomic E-state index is 7.74. The van der Waals surface area contributed by atoms with Gasteiger partial charge in [0.15, 0.2) is 17.2 Å². The van der Waals surface area contributed by atoms with Crippen LogP contribution in [-0.4, -0.2) is 4.57 Å². The Labute approximate surface area is 414 Å². The molecular formula is C66H65N3O+2. The molecule has 70 heavy (non-hydrogen) atoms. The lowest BCUT2D eigenvalue weighted by atomic mass is 9.68. The second-order valence-corrected chi connectivity index (χ2v) is 21.9. The molecule has 0 radical (unpaired) electrons. The van der Waals surface area contributed by atoms with E-state index in [0.717, 1.165) is 54.0 Å². The van der Waals surface area contributed by atoms with E-state index in [4.69, 9.17) is 4.74 Å². The molecule has 4 nitrogen and oxygen atoms in total. The number of nitrogens with zero attached hydrogens (tertiary/aromatic N) is 3. The van der Waals surface area contributed by atoms with Gasteiger partial charge < -0.3 is 4.74 Å². The Balaban J connectivity index is 1.12. The molecule has 3 aliphatic rings. The van der Waals surface area contributed by atoms with Crippen LogP contribution in [0.2, 0.25) is 0 Å². The van der Waals surface area contributed by atoms with Crippen molar-refractivity contribution in [2.24, 2.45) is 0 Å². The molecule has 1 spiro atoms. The second kappa shape index (κ2) is 15.7. The van der Waals surface area contributed by atoms with Crippen molar-refractivity contribution in [3.8, 4) is 78.6 Å². The average molecular weight is 916 g/mol. The molecule has 9 aromatic rings. The predicted molar refractivity (Wildman–Crippen MR) is 289 cm³/mol. The number of hydrogen-bond donors (Lipinski definition) is 0. The summed E-state index contributed by atoms with van der Waals surface area (Å²) < 4.78 is 15.3. The van der Waals surface area contributed by atoms with Gasteiger partial charge in [0.05, 0.1) is 5.56 Å². The van der Waals surface area contributed by atoms with Crippen LogP contribution in [0.25, 0.3) is 83.9 Å². The number of benzene rings is 7. The van der Waals surface area contributed by atoms with Crippen molar-refractivity contribution in [2.45, 2.75) is 117 Å². The van der Waals surface area contributed by atoms with E-state index in [1.165, 1.54) is 89.1 Å². The largest absolute Gasteiger partial charge is 0.499 e. The zero-order valence-corrected chi connectivity index (χ0v) is 42.7. The first kappa shape index (κ1) is 44.2. The zero-order valence-electron chi connectivity index (χ0n) is 42.7. The van der Waals surface area contributed by atoms with Gasteiger partial charge >= 0.3 is 11.7 Å². The van der Waals surface area contributed by atoms with Gasteiger partial charge in [0.25, 0.3) is 0 Å². The van der Waals surface area contributed by atoms with Crippen molar-refractivity contribution < 1.29 is 13.9 Å². The Kier molecular flexibility index (Phi) is 9.93. The van der Waals surface area contributed by atoms with Gasteiger partial charge in [-0.15, -0.1) is 9.13 Å². The van der Waals surface area contributed by atoms with E-state index in [2.05, 4.69) is 247 Å². The third-order valence-corrected chi connectivity index (χ3v) is 17.3. The molecule has 1 unspecified atom stereocenters. The molecule has 12 rings (SSSR count). The number of fused-ring (bicyclic) bond motifs is 5. The smallest absolute Gasteiger partial charge is 0.392 e. The van der Waals surface area contributed by atoms with Gasteiger partial charge in [-0.25, -0.2) is 0 Å². The van der Waals surface area contributed by atoms with Gasteiger partial charge in [0.1, 0.15) is 22.6 Å². The van der Waals surface area contributed by atoms with Gasteiger partial charge in [-0.2, -0.15) is 4.57 Å². The number of rotatable bonds is 10. The minimum Gasteiger partial charge on any atom is -0.392 e. The lowest BCUT2D eigenvalue weighted by Crippen LogP contribution is -2.78. The van der Waals surface area contributed by atoms with Crippen molar-refractivity contribution in [3.05, 3.63) is 192 Å². The highest BCUT2D eigenvalue weighted by molar-refractivity contribution is 5.98. The summed E-state index contributed by atoms with van der Waals surface area (Å²) in [5.74, 6) is 0.968. The molecule has 7 aromatic carbocycles. The lowest BCUT2D eigenvalue weighted by Gasteiger charge is -2.36. The van der Waals surface area contributed by atoms with E-state index in [9.17, 15) is 0 Å². The van der Waals surface area contributed by atoms with Crippen LogP contribution in [-0.2, 0) is 22.1 Å². The Bertz CT molecular complexity index is 3540. The minimum absolute atomic E-state index is 0.0556. The van der Waals surface area contributed by atoms with Crippen molar-refractivity contribution in [2.75, 3.05) is 0 Å². The Morgan fingerprint density at radius 3 is 1.77 bits per heavy atom. The summed E-state index contributed by atoms with van der Waals surface area (Å²) >= 11 is 0.